The molecule has 4 N–H and O–H groups in total. The number of hydrogen-bond donors (Lipinski definition) is 3. The number of carbonyl (C=O) groups excluding carboxylic acids is 1. The summed E-state index contributed by atoms with van der Waals surface area (Å²) in [6.45, 7) is 10.9. The van der Waals surface area contributed by atoms with Gasteiger partial charge in [0, 0.05) is 37.3 Å². The van der Waals surface area contributed by atoms with Crippen LogP contribution in [0.25, 0.3) is 21.9 Å². The number of nitriles is 1. The lowest BCUT2D eigenvalue weighted by molar-refractivity contribution is -0.120. The Morgan fingerprint density at radius 1 is 1.30 bits per heavy atom. The van der Waals surface area contributed by atoms with E-state index in [1.165, 1.54) is 0 Å². The van der Waals surface area contributed by atoms with E-state index in [2.05, 4.69) is 30.7 Å². The summed E-state index contributed by atoms with van der Waals surface area (Å²) in [6.07, 6.45) is 1.79. The van der Waals surface area contributed by atoms with Gasteiger partial charge in [-0.1, -0.05) is 19.6 Å². The molecule has 10 heteroatoms. The highest BCUT2D eigenvalue weighted by atomic mass is 28.3. The SMILES string of the molecule is Cc1cc(OCC(N)=O)c(C(C)(O)c2nc3cc(C#N)ccc3n2COCC[Si](C)(C)C)c2cc[nH]c12. The summed E-state index contributed by atoms with van der Waals surface area (Å²) in [6, 6.07) is 12.0. The number of carbonyl (C=O) groups is 1. The van der Waals surface area contributed by atoms with E-state index in [-0.39, 0.29) is 13.3 Å². The molecule has 1 atom stereocenters. The van der Waals surface area contributed by atoms with E-state index in [0.29, 0.717) is 34.8 Å². The molecule has 0 spiro atoms. The number of primary amides is 1. The van der Waals surface area contributed by atoms with Gasteiger partial charge in [0.25, 0.3) is 5.91 Å². The number of aliphatic hydroxyl groups is 1. The van der Waals surface area contributed by atoms with Crippen molar-refractivity contribution in [2.75, 3.05) is 13.2 Å². The average molecular weight is 520 g/mol. The first-order chi connectivity index (χ1) is 17.4. The number of rotatable bonds is 10. The molecule has 0 aliphatic carbocycles. The van der Waals surface area contributed by atoms with Gasteiger partial charge in [0.2, 0.25) is 0 Å². The number of benzene rings is 2. The summed E-state index contributed by atoms with van der Waals surface area (Å²) in [5.41, 5.74) is 7.65. The quantitative estimate of drug-likeness (QED) is 0.213. The van der Waals surface area contributed by atoms with Gasteiger partial charge in [-0.25, -0.2) is 4.98 Å². The van der Waals surface area contributed by atoms with Crippen molar-refractivity contribution in [3.8, 4) is 11.8 Å². The molecular weight excluding hydrogens is 486 g/mol. The minimum absolute atomic E-state index is 0.179. The maximum atomic E-state index is 12.2. The number of aromatic nitrogens is 3. The topological polar surface area (TPSA) is 139 Å². The van der Waals surface area contributed by atoms with E-state index in [4.69, 9.17) is 20.2 Å². The fourth-order valence-electron chi connectivity index (χ4n) is 4.49. The van der Waals surface area contributed by atoms with Gasteiger partial charge in [0.1, 0.15) is 23.9 Å². The predicted octanol–water partition coefficient (Wildman–Crippen LogP) is 4.13. The van der Waals surface area contributed by atoms with Crippen molar-refractivity contribution in [3.05, 3.63) is 59.0 Å². The van der Waals surface area contributed by atoms with E-state index < -0.39 is 19.6 Å². The van der Waals surface area contributed by atoms with Gasteiger partial charge < -0.3 is 29.9 Å². The molecule has 0 fully saturated rings. The minimum Gasteiger partial charge on any atom is -0.483 e. The number of ether oxygens (including phenoxy) is 2. The number of nitrogens with zero attached hydrogens (tertiary/aromatic N) is 3. The number of nitrogens with one attached hydrogen (secondary N) is 1. The highest BCUT2D eigenvalue weighted by Gasteiger charge is 2.37. The molecule has 0 saturated carbocycles. The molecule has 4 rings (SSSR count). The van der Waals surface area contributed by atoms with Crippen LogP contribution in [0.4, 0.5) is 0 Å². The first-order valence-electron chi connectivity index (χ1n) is 12.2. The van der Waals surface area contributed by atoms with Gasteiger partial charge >= 0.3 is 0 Å². The third-order valence-electron chi connectivity index (χ3n) is 6.39. The molecular formula is C27H33N5O4Si. The normalized spacial score (nSPS) is 13.5. The van der Waals surface area contributed by atoms with Crippen LogP contribution in [-0.2, 0) is 21.9 Å². The summed E-state index contributed by atoms with van der Waals surface area (Å²) < 4.78 is 13.7. The van der Waals surface area contributed by atoms with Gasteiger partial charge in [-0.15, -0.1) is 0 Å². The summed E-state index contributed by atoms with van der Waals surface area (Å²) in [7, 11) is -1.30. The average Bonchev–Trinajstić information content (AvgIpc) is 3.45. The third-order valence-corrected chi connectivity index (χ3v) is 8.10. The minimum atomic E-state index is -1.66. The van der Waals surface area contributed by atoms with Crippen molar-refractivity contribution >= 4 is 35.9 Å². The fraction of sp³-hybridized carbons (Fsp3) is 0.370. The van der Waals surface area contributed by atoms with Crippen LogP contribution in [0, 0.1) is 18.3 Å². The molecule has 2 aromatic carbocycles. The zero-order valence-electron chi connectivity index (χ0n) is 21.9. The molecule has 9 nitrogen and oxygen atoms in total. The summed E-state index contributed by atoms with van der Waals surface area (Å²) >= 11 is 0. The number of H-pyrrole nitrogens is 1. The fourth-order valence-corrected chi connectivity index (χ4v) is 5.25. The van der Waals surface area contributed by atoms with Crippen molar-refractivity contribution < 1.29 is 19.4 Å². The van der Waals surface area contributed by atoms with E-state index in [1.54, 1.807) is 31.3 Å². The Labute approximate surface area is 216 Å². The number of imidazole rings is 1. The number of aryl methyl sites for hydroxylation is 1. The molecule has 1 amide bonds. The van der Waals surface area contributed by atoms with E-state index in [1.807, 2.05) is 23.6 Å². The molecule has 0 bridgehead atoms. The molecule has 2 aromatic heterocycles. The van der Waals surface area contributed by atoms with Crippen LogP contribution in [0.15, 0.2) is 36.5 Å². The highest BCUT2D eigenvalue weighted by Crippen LogP contribution is 2.42. The standard InChI is InChI=1S/C27H33N5O4Si/c1-17-12-22(36-15-23(29)33)24(19-8-9-30-25(17)19)27(2,34)26-31-20-13-18(14-28)6-7-21(20)32(26)16-35-10-11-37(3,4)5/h6-9,12-13,30,34H,10-11,15-16H2,1-5H3,(H2,29,33). The van der Waals surface area contributed by atoms with Crippen LogP contribution in [0.3, 0.4) is 0 Å². The summed E-state index contributed by atoms with van der Waals surface area (Å²) in [5, 5.41) is 22.3. The lowest BCUT2D eigenvalue weighted by Crippen LogP contribution is -2.30. The van der Waals surface area contributed by atoms with Gasteiger partial charge in [0.05, 0.1) is 22.7 Å². The van der Waals surface area contributed by atoms with Crippen LogP contribution < -0.4 is 10.5 Å². The first kappa shape index (κ1) is 26.4. The molecule has 0 aliphatic rings. The van der Waals surface area contributed by atoms with Crippen molar-refractivity contribution in [1.82, 2.24) is 14.5 Å². The number of aromatic amines is 1. The number of nitrogens with two attached hydrogens (primary N) is 1. The van der Waals surface area contributed by atoms with Gasteiger partial charge in [-0.2, -0.15) is 5.26 Å². The van der Waals surface area contributed by atoms with Crippen LogP contribution in [0.5, 0.6) is 5.75 Å². The zero-order chi connectivity index (χ0) is 27.0. The van der Waals surface area contributed by atoms with E-state index in [0.717, 1.165) is 28.0 Å². The largest absolute Gasteiger partial charge is 0.483 e. The zero-order valence-corrected chi connectivity index (χ0v) is 22.9. The number of hydrogen-bond acceptors (Lipinski definition) is 6. The Kier molecular flexibility index (Phi) is 7.15. The Hall–Kier alpha value is -3.65. The lowest BCUT2D eigenvalue weighted by Gasteiger charge is -2.28. The Morgan fingerprint density at radius 2 is 2.05 bits per heavy atom. The number of amides is 1. The van der Waals surface area contributed by atoms with Crippen molar-refractivity contribution in [3.63, 3.8) is 0 Å². The van der Waals surface area contributed by atoms with Crippen molar-refractivity contribution in [1.29, 1.82) is 5.26 Å². The van der Waals surface area contributed by atoms with Gasteiger partial charge in [-0.05, 0) is 55.8 Å². The number of fused-ring (bicyclic) bond motifs is 2. The highest BCUT2D eigenvalue weighted by molar-refractivity contribution is 6.76. The second-order valence-corrected chi connectivity index (χ2v) is 16.3. The molecule has 4 aromatic rings. The van der Waals surface area contributed by atoms with Crippen LogP contribution in [-0.4, -0.2) is 46.8 Å². The van der Waals surface area contributed by atoms with Crippen LogP contribution >= 0.6 is 0 Å². The maximum absolute atomic E-state index is 12.2. The maximum Gasteiger partial charge on any atom is 0.255 e. The predicted molar refractivity (Wildman–Crippen MR) is 145 cm³/mol. The Balaban J connectivity index is 1.88. The second-order valence-electron chi connectivity index (χ2n) is 10.7. The molecule has 0 radical (unpaired) electrons. The van der Waals surface area contributed by atoms with Crippen molar-refractivity contribution in [2.24, 2.45) is 5.73 Å². The smallest absolute Gasteiger partial charge is 0.255 e. The van der Waals surface area contributed by atoms with E-state index >= 15 is 0 Å². The first-order valence-corrected chi connectivity index (χ1v) is 15.9. The Bertz CT molecular complexity index is 1510. The van der Waals surface area contributed by atoms with Crippen molar-refractivity contribution in [2.45, 2.75) is 51.9 Å². The van der Waals surface area contributed by atoms with Crippen LogP contribution in [0.2, 0.25) is 25.7 Å². The summed E-state index contributed by atoms with van der Waals surface area (Å²) in [4.78, 5) is 19.5. The van der Waals surface area contributed by atoms with E-state index in [9.17, 15) is 15.2 Å². The lowest BCUT2D eigenvalue weighted by atomic mass is 9.89. The molecule has 0 aliphatic heterocycles. The van der Waals surface area contributed by atoms with Gasteiger partial charge in [-0.3, -0.25) is 4.79 Å². The monoisotopic (exact) mass is 519 g/mol. The third kappa shape index (κ3) is 5.39. The van der Waals surface area contributed by atoms with Gasteiger partial charge in [0.15, 0.2) is 6.61 Å². The molecule has 37 heavy (non-hydrogen) atoms. The molecule has 1 unspecified atom stereocenters. The summed E-state index contributed by atoms with van der Waals surface area (Å²) in [5.74, 6) is 0.0507. The second kappa shape index (κ2) is 10.0. The Morgan fingerprint density at radius 3 is 2.73 bits per heavy atom. The molecule has 2 heterocycles. The molecule has 0 saturated heterocycles. The van der Waals surface area contributed by atoms with Crippen LogP contribution in [0.1, 0.15) is 29.4 Å². The molecule has 194 valence electrons.